The predicted molar refractivity (Wildman–Crippen MR) is 142 cm³/mol. The van der Waals surface area contributed by atoms with E-state index in [4.69, 9.17) is 5.73 Å². The molecule has 0 amide bonds. The van der Waals surface area contributed by atoms with Crippen LogP contribution < -0.4 is 11.1 Å². The van der Waals surface area contributed by atoms with Gasteiger partial charge in [0.15, 0.2) is 5.13 Å². The quantitative estimate of drug-likeness (QED) is 0.451. The number of hydrogen-bond acceptors (Lipinski definition) is 8. The van der Waals surface area contributed by atoms with Gasteiger partial charge in [-0.05, 0) is 62.7 Å². The molecule has 0 unspecified atom stereocenters. The van der Waals surface area contributed by atoms with Gasteiger partial charge >= 0.3 is 0 Å². The molecule has 12 heteroatoms. The molecule has 8 nitrogen and oxygen atoms in total. The van der Waals surface area contributed by atoms with Crippen molar-refractivity contribution in [2.45, 2.75) is 52.0 Å². The van der Waals surface area contributed by atoms with E-state index < -0.39 is 33.0 Å². The molecule has 1 aromatic carbocycles. The summed E-state index contributed by atoms with van der Waals surface area (Å²) in [5, 5.41) is 3.57. The Hall–Kier alpha value is -2.15. The number of nitrogen functional groups attached to an aromatic ring is 1. The Labute approximate surface area is 221 Å². The van der Waals surface area contributed by atoms with Crippen molar-refractivity contribution in [1.82, 2.24) is 14.2 Å². The van der Waals surface area contributed by atoms with Gasteiger partial charge in [-0.25, -0.2) is 26.5 Å². The molecule has 3 heterocycles. The van der Waals surface area contributed by atoms with Crippen molar-refractivity contribution in [3.63, 3.8) is 0 Å². The number of likely N-dealkylation sites (tertiary alicyclic amines) is 1. The number of sulfonamides is 1. The second kappa shape index (κ2) is 11.3. The molecule has 0 aliphatic carbocycles. The van der Waals surface area contributed by atoms with Crippen molar-refractivity contribution in [2.75, 3.05) is 49.5 Å². The number of anilines is 2. The first-order valence-electron chi connectivity index (χ1n) is 12.7. The van der Waals surface area contributed by atoms with E-state index in [1.165, 1.54) is 12.5 Å². The lowest BCUT2D eigenvalue weighted by Gasteiger charge is -2.38. The van der Waals surface area contributed by atoms with E-state index in [1.807, 2.05) is 0 Å². The Morgan fingerprint density at radius 1 is 1.22 bits per heavy atom. The fourth-order valence-electron chi connectivity index (χ4n) is 5.17. The van der Waals surface area contributed by atoms with E-state index in [1.54, 1.807) is 4.31 Å². The van der Waals surface area contributed by atoms with E-state index in [0.717, 1.165) is 49.5 Å². The van der Waals surface area contributed by atoms with Gasteiger partial charge in [-0.1, -0.05) is 31.3 Å². The predicted octanol–water partition coefficient (Wildman–Crippen LogP) is 3.95. The molecule has 0 atom stereocenters. The van der Waals surface area contributed by atoms with Gasteiger partial charge in [0.25, 0.3) is 0 Å². The van der Waals surface area contributed by atoms with Crippen molar-refractivity contribution in [3.8, 4) is 0 Å². The number of ketones is 1. The first kappa shape index (κ1) is 27.9. The van der Waals surface area contributed by atoms with E-state index in [0.29, 0.717) is 37.5 Å². The summed E-state index contributed by atoms with van der Waals surface area (Å²) < 4.78 is 55.4. The van der Waals surface area contributed by atoms with Crippen LogP contribution in [0.2, 0.25) is 0 Å². The molecule has 1 aromatic heterocycles. The second-order valence-corrected chi connectivity index (χ2v) is 13.8. The third kappa shape index (κ3) is 6.84. The average Bonchev–Trinajstić information content (AvgIpc) is 3.18. The molecule has 3 N–H and O–H groups in total. The monoisotopic (exact) mass is 555 g/mol. The molecular formula is C25H35F2N5O3S2. The summed E-state index contributed by atoms with van der Waals surface area (Å²) in [5.74, 6) is -2.73. The van der Waals surface area contributed by atoms with E-state index in [-0.39, 0.29) is 27.9 Å². The van der Waals surface area contributed by atoms with Gasteiger partial charge in [0.2, 0.25) is 15.8 Å². The maximum atomic E-state index is 14.0. The van der Waals surface area contributed by atoms with Gasteiger partial charge < -0.3 is 16.0 Å². The zero-order chi connectivity index (χ0) is 26.8. The van der Waals surface area contributed by atoms with Crippen molar-refractivity contribution in [2.24, 2.45) is 5.41 Å². The molecule has 0 radical (unpaired) electrons. The molecule has 0 saturated carbocycles. The highest BCUT2D eigenvalue weighted by molar-refractivity contribution is 7.89. The van der Waals surface area contributed by atoms with Gasteiger partial charge in [0.1, 0.15) is 22.3 Å². The smallest absolute Gasteiger partial charge is 0.214 e. The number of nitrogens with two attached hydrogens (primary N) is 1. The molecule has 2 fully saturated rings. The molecule has 4 rings (SSSR count). The van der Waals surface area contributed by atoms with Gasteiger partial charge in [-0.15, -0.1) is 0 Å². The lowest BCUT2D eigenvalue weighted by atomic mass is 9.84. The van der Waals surface area contributed by atoms with E-state index >= 15 is 0 Å². The minimum atomic E-state index is -3.33. The number of hydrogen-bond donors (Lipinski definition) is 2. The fraction of sp³-hybridized carbons (Fsp3) is 0.600. The fourth-order valence-corrected chi connectivity index (χ4v) is 7.60. The third-order valence-corrected chi connectivity index (χ3v) is 10.0. The Kier molecular flexibility index (Phi) is 8.51. The summed E-state index contributed by atoms with van der Waals surface area (Å²) >= 11 is 0.938. The van der Waals surface area contributed by atoms with Crippen molar-refractivity contribution >= 4 is 38.1 Å². The Balaban J connectivity index is 1.28. The summed E-state index contributed by atoms with van der Waals surface area (Å²) in [4.78, 5) is 19.2. The molecule has 2 saturated heterocycles. The SMILES string of the molecule is CC1(C)CCCN(CCCS(=O)(=O)N2CCC(Nc3nc(N)c(C(=O)c4c(F)cccc4F)s3)CC2)C1. The highest BCUT2D eigenvalue weighted by atomic mass is 32.2. The van der Waals surface area contributed by atoms with Crippen molar-refractivity contribution in [1.29, 1.82) is 0 Å². The summed E-state index contributed by atoms with van der Waals surface area (Å²) in [5.41, 5.74) is 5.51. The standard InChI is InChI=1S/C25H35F2N5O3S2/c1-25(2)10-4-11-31(16-25)12-5-15-37(34,35)32-13-8-17(9-14-32)29-24-30-23(28)22(36-24)21(33)20-18(26)6-3-7-19(20)27/h3,6-7,17H,4-5,8-16,28H2,1-2H3,(H,29,30). The van der Waals surface area contributed by atoms with Crippen LogP contribution in [0.15, 0.2) is 18.2 Å². The minimum Gasteiger partial charge on any atom is -0.382 e. The number of halogens is 2. The number of aromatic nitrogens is 1. The number of nitrogens with zero attached hydrogens (tertiary/aromatic N) is 3. The second-order valence-electron chi connectivity index (χ2n) is 10.7. The molecule has 2 aliphatic rings. The Bertz CT molecular complexity index is 1210. The number of carbonyl (C=O) groups excluding carboxylic acids is 1. The van der Waals surface area contributed by atoms with Crippen LogP contribution in [0.1, 0.15) is 61.2 Å². The number of nitrogens with one attached hydrogen (secondary N) is 1. The van der Waals surface area contributed by atoms with Gasteiger partial charge in [0.05, 0.1) is 11.3 Å². The van der Waals surface area contributed by atoms with E-state index in [2.05, 4.69) is 29.0 Å². The van der Waals surface area contributed by atoms with Crippen LogP contribution >= 0.6 is 11.3 Å². The first-order chi connectivity index (χ1) is 17.4. The minimum absolute atomic E-state index is 0.0383. The Morgan fingerprint density at radius 3 is 2.54 bits per heavy atom. The molecule has 204 valence electrons. The number of carbonyl (C=O) groups is 1. The van der Waals surface area contributed by atoms with Crippen LogP contribution in [0, 0.1) is 17.0 Å². The summed E-state index contributed by atoms with van der Waals surface area (Å²) in [6, 6.07) is 3.17. The lowest BCUT2D eigenvalue weighted by molar-refractivity contribution is 0.103. The maximum Gasteiger partial charge on any atom is 0.214 e. The normalized spacial score (nSPS) is 19.7. The number of benzene rings is 1. The van der Waals surface area contributed by atoms with Crippen LogP contribution in [-0.2, 0) is 10.0 Å². The molecule has 37 heavy (non-hydrogen) atoms. The van der Waals surface area contributed by atoms with Crippen LogP contribution in [0.25, 0.3) is 0 Å². The van der Waals surface area contributed by atoms with Gasteiger partial charge in [-0.2, -0.15) is 0 Å². The molecule has 2 aromatic rings. The van der Waals surface area contributed by atoms with Crippen LogP contribution in [0.5, 0.6) is 0 Å². The molecule has 0 bridgehead atoms. The van der Waals surface area contributed by atoms with Crippen molar-refractivity contribution < 1.29 is 22.0 Å². The highest BCUT2D eigenvalue weighted by Crippen LogP contribution is 2.31. The van der Waals surface area contributed by atoms with Crippen LogP contribution in [0.4, 0.5) is 19.7 Å². The average molecular weight is 556 g/mol. The van der Waals surface area contributed by atoms with Gasteiger partial charge in [0, 0.05) is 25.7 Å². The highest BCUT2D eigenvalue weighted by Gasteiger charge is 2.30. The topological polar surface area (TPSA) is 109 Å². The first-order valence-corrected chi connectivity index (χ1v) is 15.1. The zero-order valence-electron chi connectivity index (χ0n) is 21.3. The largest absolute Gasteiger partial charge is 0.382 e. The summed E-state index contributed by atoms with van der Waals surface area (Å²) in [6.07, 6.45) is 4.13. The maximum absolute atomic E-state index is 14.0. The lowest BCUT2D eigenvalue weighted by Crippen LogP contribution is -2.44. The van der Waals surface area contributed by atoms with Crippen LogP contribution in [-0.4, -0.2) is 72.9 Å². The zero-order valence-corrected chi connectivity index (χ0v) is 22.9. The number of rotatable bonds is 9. The van der Waals surface area contributed by atoms with Crippen molar-refractivity contribution in [3.05, 3.63) is 40.3 Å². The summed E-state index contributed by atoms with van der Waals surface area (Å²) in [7, 11) is -3.33. The third-order valence-electron chi connectivity index (χ3n) is 7.08. The molecule has 0 spiro atoms. The summed E-state index contributed by atoms with van der Waals surface area (Å²) in [6.45, 7) is 8.14. The Morgan fingerprint density at radius 2 is 1.89 bits per heavy atom. The molecule has 2 aliphatic heterocycles. The van der Waals surface area contributed by atoms with E-state index in [9.17, 15) is 22.0 Å². The number of thiazole rings is 1. The van der Waals surface area contributed by atoms with Crippen LogP contribution in [0.3, 0.4) is 0 Å². The molecular weight excluding hydrogens is 520 g/mol. The van der Waals surface area contributed by atoms with Gasteiger partial charge in [-0.3, -0.25) is 4.79 Å². The number of piperidine rings is 2.